The third-order valence-corrected chi connectivity index (χ3v) is 7.87. The van der Waals surface area contributed by atoms with Crippen LogP contribution in [0.4, 0.5) is 0 Å². The topological polar surface area (TPSA) is 56.7 Å². The van der Waals surface area contributed by atoms with E-state index in [-0.39, 0.29) is 0 Å². The minimum absolute atomic E-state index is 0.686. The number of para-hydroxylation sites is 3. The first-order chi connectivity index (χ1) is 19.9. The highest BCUT2D eigenvalue weighted by Gasteiger charge is 2.24. The zero-order valence-electron chi connectivity index (χ0n) is 21.2. The number of rotatable bonds is 2. The second-order valence-electron chi connectivity index (χ2n) is 10.1. The summed E-state index contributed by atoms with van der Waals surface area (Å²) in [6, 6.07) is 37.2. The number of hydrogen-bond acceptors (Lipinski definition) is 4. The van der Waals surface area contributed by atoms with Gasteiger partial charge in [0.1, 0.15) is 11.4 Å². The molecule has 0 aliphatic carbocycles. The van der Waals surface area contributed by atoms with Crippen LogP contribution in [-0.2, 0) is 0 Å². The summed E-state index contributed by atoms with van der Waals surface area (Å²) in [4.78, 5) is 14.7. The lowest BCUT2D eigenvalue weighted by atomic mass is 10.0. The van der Waals surface area contributed by atoms with E-state index >= 15 is 0 Å². The Hall–Kier alpha value is -5.55. The Morgan fingerprint density at radius 2 is 1.32 bits per heavy atom. The molecule has 0 fully saturated rings. The van der Waals surface area contributed by atoms with Crippen molar-refractivity contribution in [1.82, 2.24) is 19.5 Å². The predicted octanol–water partition coefficient (Wildman–Crippen LogP) is 8.84. The van der Waals surface area contributed by atoms with Gasteiger partial charge in [-0.25, -0.2) is 9.97 Å². The van der Waals surface area contributed by atoms with Gasteiger partial charge in [-0.15, -0.1) is 0 Å². The smallest absolute Gasteiger partial charge is 0.162 e. The molecule has 5 heteroatoms. The fraction of sp³-hybridized carbons (Fsp3) is 0. The molecule has 0 amide bonds. The number of aromatic nitrogens is 4. The summed E-state index contributed by atoms with van der Waals surface area (Å²) in [6.07, 6.45) is 3.83. The SMILES string of the molecule is c1ccc(-c2nc(-n3c4ccccc4c4c5ccncc5c5c6ccccc6oc5c43)c3ccccc3n2)cc1. The molecule has 0 unspecified atom stereocenters. The zero-order chi connectivity index (χ0) is 26.2. The Morgan fingerprint density at radius 3 is 2.23 bits per heavy atom. The van der Waals surface area contributed by atoms with Crippen molar-refractivity contribution in [3.8, 4) is 17.2 Å². The van der Waals surface area contributed by atoms with Crippen LogP contribution in [0.15, 0.2) is 126 Å². The van der Waals surface area contributed by atoms with Gasteiger partial charge in [0.2, 0.25) is 0 Å². The van der Waals surface area contributed by atoms with Crippen molar-refractivity contribution in [2.75, 3.05) is 0 Å². The first-order valence-corrected chi connectivity index (χ1v) is 13.3. The lowest BCUT2D eigenvalue weighted by molar-refractivity contribution is 0.671. The van der Waals surface area contributed by atoms with Crippen LogP contribution < -0.4 is 0 Å². The molecule has 4 aromatic heterocycles. The van der Waals surface area contributed by atoms with Crippen LogP contribution in [0.2, 0.25) is 0 Å². The van der Waals surface area contributed by atoms with Crippen molar-refractivity contribution < 1.29 is 4.42 Å². The predicted molar refractivity (Wildman–Crippen MR) is 162 cm³/mol. The number of furan rings is 1. The van der Waals surface area contributed by atoms with Gasteiger partial charge in [-0.2, -0.15) is 0 Å². The minimum atomic E-state index is 0.686. The van der Waals surface area contributed by atoms with E-state index in [1.165, 1.54) is 0 Å². The van der Waals surface area contributed by atoms with Crippen LogP contribution in [-0.4, -0.2) is 19.5 Å². The highest BCUT2D eigenvalue weighted by molar-refractivity contribution is 6.35. The molecule has 0 spiro atoms. The van der Waals surface area contributed by atoms with Gasteiger partial charge < -0.3 is 4.42 Å². The van der Waals surface area contributed by atoms with Crippen LogP contribution >= 0.6 is 0 Å². The molecule has 0 N–H and O–H groups in total. The number of benzene rings is 5. The van der Waals surface area contributed by atoms with Crippen molar-refractivity contribution >= 4 is 65.4 Å². The normalized spacial score (nSPS) is 12.0. The van der Waals surface area contributed by atoms with Gasteiger partial charge in [0.15, 0.2) is 11.4 Å². The van der Waals surface area contributed by atoms with E-state index in [2.05, 4.69) is 76.3 Å². The monoisotopic (exact) mass is 512 g/mol. The minimum Gasteiger partial charge on any atom is -0.454 e. The summed E-state index contributed by atoms with van der Waals surface area (Å²) >= 11 is 0. The van der Waals surface area contributed by atoms with E-state index in [0.717, 1.165) is 76.8 Å². The molecule has 9 aromatic rings. The Kier molecular flexibility index (Phi) is 4.27. The highest BCUT2D eigenvalue weighted by Crippen LogP contribution is 2.45. The van der Waals surface area contributed by atoms with Crippen LogP contribution in [0, 0.1) is 0 Å². The third kappa shape index (κ3) is 2.83. The molecule has 5 aromatic carbocycles. The summed E-state index contributed by atoms with van der Waals surface area (Å²) in [5.41, 5.74) is 5.60. The fourth-order valence-electron chi connectivity index (χ4n) is 6.19. The first kappa shape index (κ1) is 21.4. The molecular weight excluding hydrogens is 492 g/mol. The standard InChI is InChI=1S/C35H20N4O/c1-2-10-21(11-3-1)34-37-27-15-7-4-12-23(27)35(38-34)39-28-16-8-5-13-24(28)30-22-18-19-36-20-26(22)31-25-14-6-9-17-29(25)40-33(31)32(30)39/h1-20H. The molecule has 9 rings (SSSR count). The van der Waals surface area contributed by atoms with Gasteiger partial charge in [-0.05, 0) is 35.7 Å². The Balaban J connectivity index is 1.57. The molecule has 5 nitrogen and oxygen atoms in total. The van der Waals surface area contributed by atoms with Gasteiger partial charge >= 0.3 is 0 Å². The molecule has 0 aliphatic rings. The van der Waals surface area contributed by atoms with E-state index in [0.29, 0.717) is 5.82 Å². The third-order valence-electron chi connectivity index (χ3n) is 7.87. The molecule has 0 aliphatic heterocycles. The first-order valence-electron chi connectivity index (χ1n) is 13.3. The zero-order valence-corrected chi connectivity index (χ0v) is 21.2. The van der Waals surface area contributed by atoms with Crippen LogP contribution in [0.5, 0.6) is 0 Å². The average molecular weight is 513 g/mol. The summed E-state index contributed by atoms with van der Waals surface area (Å²) in [5.74, 6) is 1.51. The molecule has 186 valence electrons. The van der Waals surface area contributed by atoms with Gasteiger partial charge in [-0.1, -0.05) is 78.9 Å². The van der Waals surface area contributed by atoms with E-state index in [1.807, 2.05) is 54.9 Å². The fourth-order valence-corrected chi connectivity index (χ4v) is 6.19. The number of pyridine rings is 1. The lowest BCUT2D eigenvalue weighted by Gasteiger charge is -2.13. The quantitative estimate of drug-likeness (QED) is 0.232. The van der Waals surface area contributed by atoms with Crippen molar-refractivity contribution in [3.05, 3.63) is 122 Å². The van der Waals surface area contributed by atoms with Gasteiger partial charge in [0, 0.05) is 50.3 Å². The molecular formula is C35H20N4O. The number of hydrogen-bond donors (Lipinski definition) is 0. The maximum absolute atomic E-state index is 6.70. The average Bonchev–Trinajstić information content (AvgIpc) is 3.58. The van der Waals surface area contributed by atoms with E-state index in [1.54, 1.807) is 0 Å². The maximum atomic E-state index is 6.70. The molecule has 0 saturated heterocycles. The molecule has 0 radical (unpaired) electrons. The maximum Gasteiger partial charge on any atom is 0.162 e. The Bertz CT molecular complexity index is 2440. The number of fused-ring (bicyclic) bond motifs is 11. The summed E-state index contributed by atoms with van der Waals surface area (Å²) in [7, 11) is 0. The van der Waals surface area contributed by atoms with E-state index in [9.17, 15) is 0 Å². The molecule has 0 saturated carbocycles. The van der Waals surface area contributed by atoms with Gasteiger partial charge in [0.25, 0.3) is 0 Å². The van der Waals surface area contributed by atoms with Crippen molar-refractivity contribution in [2.45, 2.75) is 0 Å². The summed E-state index contributed by atoms with van der Waals surface area (Å²) in [5, 5.41) is 7.60. The lowest BCUT2D eigenvalue weighted by Crippen LogP contribution is -2.02. The highest BCUT2D eigenvalue weighted by atomic mass is 16.3. The van der Waals surface area contributed by atoms with Crippen molar-refractivity contribution in [3.63, 3.8) is 0 Å². The van der Waals surface area contributed by atoms with Crippen molar-refractivity contribution in [2.24, 2.45) is 0 Å². The van der Waals surface area contributed by atoms with Gasteiger partial charge in [-0.3, -0.25) is 9.55 Å². The second-order valence-corrected chi connectivity index (χ2v) is 10.1. The molecule has 0 atom stereocenters. The summed E-state index contributed by atoms with van der Waals surface area (Å²) < 4.78 is 8.97. The van der Waals surface area contributed by atoms with E-state index in [4.69, 9.17) is 14.4 Å². The largest absolute Gasteiger partial charge is 0.454 e. The van der Waals surface area contributed by atoms with Gasteiger partial charge in [0.05, 0.1) is 16.6 Å². The Morgan fingerprint density at radius 1 is 0.575 bits per heavy atom. The molecule has 4 heterocycles. The number of nitrogens with zero attached hydrogens (tertiary/aromatic N) is 4. The van der Waals surface area contributed by atoms with Crippen LogP contribution in [0.25, 0.3) is 82.6 Å². The van der Waals surface area contributed by atoms with Crippen molar-refractivity contribution in [1.29, 1.82) is 0 Å². The second kappa shape index (κ2) is 7.98. The van der Waals surface area contributed by atoms with Crippen LogP contribution in [0.1, 0.15) is 0 Å². The van der Waals surface area contributed by atoms with E-state index < -0.39 is 0 Å². The van der Waals surface area contributed by atoms with Crippen LogP contribution in [0.3, 0.4) is 0 Å². The summed E-state index contributed by atoms with van der Waals surface area (Å²) in [6.45, 7) is 0. The molecule has 0 bridgehead atoms. The molecule has 40 heavy (non-hydrogen) atoms. The Labute approximate surface area is 228 Å².